The molecule has 0 unspecified atom stereocenters. The predicted octanol–water partition coefficient (Wildman–Crippen LogP) is -20.7. The van der Waals surface area contributed by atoms with Gasteiger partial charge in [-0.25, -0.2) is 4.79 Å². The van der Waals surface area contributed by atoms with Crippen molar-refractivity contribution >= 4 is 35.5 Å². The molecule has 9 heterocycles. The molecule has 9 aliphatic heterocycles. The molecule has 46 atom stereocenters. The number of aliphatic hydroxyl groups is 25. The first-order chi connectivity index (χ1) is 57.1. The van der Waals surface area contributed by atoms with Crippen molar-refractivity contribution in [2.24, 2.45) is 0 Å². The van der Waals surface area contributed by atoms with Gasteiger partial charge in [-0.15, -0.1) is 0 Å². The predicted molar refractivity (Wildman–Crippen MR) is 372 cm³/mol. The minimum Gasteiger partial charge on any atom is -0.477 e. The second kappa shape index (κ2) is 43.3. The topological polar surface area (TPSA) is 845 Å². The Morgan fingerprint density at radius 3 is 1.10 bits per heavy atom. The summed E-state index contributed by atoms with van der Waals surface area (Å²) in [5, 5.41) is 302. The zero-order valence-electron chi connectivity index (χ0n) is 65.1. The quantitative estimate of drug-likeness (QED) is 0.0290. The van der Waals surface area contributed by atoms with Crippen LogP contribution in [0.25, 0.3) is 0 Å². The highest BCUT2D eigenvalue weighted by Crippen LogP contribution is 2.42. The summed E-state index contributed by atoms with van der Waals surface area (Å²) in [4.78, 5) is 76.3. The van der Waals surface area contributed by atoms with Crippen LogP contribution in [0.5, 0.6) is 0 Å². The third-order valence-electron chi connectivity index (χ3n) is 21.7. The molecule has 0 aromatic carbocycles. The molecule has 0 aromatic rings. The summed E-state index contributed by atoms with van der Waals surface area (Å²) >= 11 is 0. The fourth-order valence-electron chi connectivity index (χ4n) is 15.6. The number of carbonyl (C=O) groups is 6. The van der Waals surface area contributed by atoms with E-state index in [9.17, 15) is 162 Å². The average Bonchev–Trinajstić information content (AvgIpc) is 0.761. The normalized spacial score (nSPS) is 46.6. The van der Waals surface area contributed by atoms with Crippen molar-refractivity contribution in [1.29, 1.82) is 0 Å². The van der Waals surface area contributed by atoms with Crippen LogP contribution in [0.3, 0.4) is 0 Å². The Hall–Kier alpha value is -4.86. The maximum Gasteiger partial charge on any atom is 0.364 e. The molecule has 0 aliphatic carbocycles. The highest BCUT2D eigenvalue weighted by Gasteiger charge is 2.64. The van der Waals surface area contributed by atoms with Crippen molar-refractivity contribution in [3.63, 3.8) is 0 Å². The Morgan fingerprint density at radius 1 is 0.339 bits per heavy atom. The zero-order valence-corrected chi connectivity index (χ0v) is 65.1. The molecule has 54 heteroatoms. The summed E-state index contributed by atoms with van der Waals surface area (Å²) in [5.41, 5.74) is 0. The van der Waals surface area contributed by atoms with Gasteiger partial charge in [0.1, 0.15) is 213 Å². The third-order valence-corrected chi connectivity index (χ3v) is 21.7. The maximum absolute atomic E-state index is 13.3. The number of carboxylic acid groups (broad SMARTS) is 1. The van der Waals surface area contributed by atoms with Gasteiger partial charge in [-0.05, 0) is 0 Å². The number of rotatable bonds is 33. The number of carboxylic acids is 1. The summed E-state index contributed by atoms with van der Waals surface area (Å²) in [6.45, 7) is -5.78. The fourth-order valence-corrected chi connectivity index (χ4v) is 15.6. The van der Waals surface area contributed by atoms with Gasteiger partial charge in [0.15, 0.2) is 50.3 Å². The molecule has 0 bridgehead atoms. The van der Waals surface area contributed by atoms with E-state index >= 15 is 0 Å². The van der Waals surface area contributed by atoms with Crippen molar-refractivity contribution in [2.45, 2.75) is 323 Å². The molecule has 0 radical (unpaired) electrons. The number of ether oxygens (including phenoxy) is 17. The Labute approximate surface area is 684 Å². The van der Waals surface area contributed by atoms with Crippen LogP contribution in [0.2, 0.25) is 0 Å². The lowest BCUT2D eigenvalue weighted by Gasteiger charge is -2.51. The van der Waals surface area contributed by atoms with E-state index in [4.69, 9.17) is 80.5 Å². The van der Waals surface area contributed by atoms with Gasteiger partial charge in [0.05, 0.1) is 71.6 Å². The molecule has 121 heavy (non-hydrogen) atoms. The summed E-state index contributed by atoms with van der Waals surface area (Å²) in [5.74, 6) is -10.00. The lowest BCUT2D eigenvalue weighted by molar-refractivity contribution is -0.397. The second-order valence-electron chi connectivity index (χ2n) is 30.3. The van der Waals surface area contributed by atoms with Crippen LogP contribution in [-0.2, 0) is 109 Å². The molecule has 9 fully saturated rings. The maximum atomic E-state index is 13.3. The highest BCUT2D eigenvalue weighted by molar-refractivity contribution is 5.77. The number of carbonyl (C=O) groups excluding carboxylic acids is 5. The second-order valence-corrected chi connectivity index (χ2v) is 30.3. The first-order valence-electron chi connectivity index (χ1n) is 38.3. The van der Waals surface area contributed by atoms with Gasteiger partial charge in [0, 0.05) is 41.0 Å². The Bertz CT molecular complexity index is 3340. The smallest absolute Gasteiger partial charge is 0.364 e. The summed E-state index contributed by atoms with van der Waals surface area (Å²) in [6, 6.07) is -9.22. The zero-order chi connectivity index (χ0) is 89.6. The molecule has 9 rings (SSSR count). The number of hydrogen-bond acceptors (Lipinski definition) is 48. The molecule has 698 valence electrons. The van der Waals surface area contributed by atoms with E-state index in [0.29, 0.717) is 0 Å². The Kier molecular flexibility index (Phi) is 35.7. The van der Waals surface area contributed by atoms with E-state index in [-0.39, 0.29) is 0 Å². The number of amides is 5. The van der Waals surface area contributed by atoms with Crippen LogP contribution >= 0.6 is 0 Å². The molecule has 0 spiro atoms. The van der Waals surface area contributed by atoms with Gasteiger partial charge in [0.25, 0.3) is 5.79 Å². The van der Waals surface area contributed by atoms with E-state index < -0.39 is 383 Å². The SMILES string of the molecule is CC(=O)N[C@@H]1[C@@H](O)[C@H](O[C@@H]2O[C@H](CO)[C@@H](O[C@@H]3O[C@H](CO[C@H]4O[C@H](CO)[C@@H](O)[C@H](O)[C@@H]4O[C@@H]4O[C@H](CO)[C@@H](O[C@@H]5O[C@H](CO)[C@H](O)[C@H](O[C@]6(C(=O)O)C[C@H](O)[C@@H](NC(C)=O)[C@H]([C@H](O)[C@H](O)CO)O6)[C@H]5O)[C@H](O)[C@H]4NC(C)=O)[C@@H](O)[C@H](O[C@H]4O[C@H](CO)[C@@H](O)[C@H](O)[C@@H]4O[C@@H]4O[C@H](CO)[C@@H](O)[C@H](O)[C@H]4NC(C)=O)[C@@H]3O)[C@H](O)[C@H]2NC(C)=O)[C@@H](CO)O[C@H]1O. The number of aliphatic carboxylic acids is 1. The molecular formula is C67H111N5O49. The summed E-state index contributed by atoms with van der Waals surface area (Å²) < 4.78 is 101. The van der Waals surface area contributed by atoms with Gasteiger partial charge in [-0.3, -0.25) is 24.0 Å². The first-order valence-corrected chi connectivity index (χ1v) is 38.3. The van der Waals surface area contributed by atoms with E-state index in [1.54, 1.807) is 0 Å². The summed E-state index contributed by atoms with van der Waals surface area (Å²) in [7, 11) is 0. The van der Waals surface area contributed by atoms with Crippen LogP contribution in [0.4, 0.5) is 0 Å². The standard InChI is InChI=1S/C67H111N5O49/c1-16(81)68-31-21(86)6-67(66(103)104,120-53(31)36(88)22(87)7-73)121-55-40(92)26(11-77)108-63(49(55)101)116-52-29(14-80)112-61(35(45(52)97)72-20(5)85)118-56-46(98)38(90)24(9-75)109-64(56)105-15-30-41(93)54(117-65-57(47(99)39(91)25(10-76)110-65)119-59-33(70-18(3)83)42(94)37(89)23(8-74)107-59)48(100)62(113-30)115-51-28(13-79)111-60(34(44(51)96)71-19(4)84)114-50-27(12-78)106-58(102)32(43(50)95)69-17(2)82/h21-65,73-80,86-102H,6-15H2,1-5H3,(H,68,81)(H,69,82)(H,70,83)(H,71,84)(H,72,85)(H,103,104)/t21-,22+,23+,24+,25+,26+,27+,28+,29+,30+,31+,32+,33+,34+,35+,36+,37+,38+,39+,40-,41+,42+,43+,44+,45+,46-,47-,48-,49+,50+,51+,52+,53+,54-,55-,56-,57-,58+,59-,60-,61-,62-,63-,64-,65+,67-/m0/s1. The summed E-state index contributed by atoms with van der Waals surface area (Å²) in [6.07, 6.45) is -88.2. The molecule has 31 N–H and O–H groups in total. The van der Waals surface area contributed by atoms with Crippen molar-refractivity contribution in [1.82, 2.24) is 26.6 Å². The van der Waals surface area contributed by atoms with Crippen molar-refractivity contribution < 1.29 is 242 Å². The van der Waals surface area contributed by atoms with Crippen LogP contribution in [-0.4, -0.2) is 509 Å². The molecule has 5 amide bonds. The molecular weight excluding hydrogens is 1660 g/mol. The monoisotopic (exact) mass is 1770 g/mol. The van der Waals surface area contributed by atoms with Gasteiger partial charge in [-0.2, -0.15) is 0 Å². The van der Waals surface area contributed by atoms with E-state index in [0.717, 1.165) is 34.6 Å². The molecule has 0 aromatic heterocycles. The van der Waals surface area contributed by atoms with Gasteiger partial charge in [0.2, 0.25) is 29.5 Å². The highest BCUT2D eigenvalue weighted by atomic mass is 16.8. The minimum absolute atomic E-state index is 0.796. The van der Waals surface area contributed by atoms with Crippen LogP contribution in [0.15, 0.2) is 0 Å². The number of nitrogens with one attached hydrogen (secondary N) is 5. The average molecular weight is 1770 g/mol. The van der Waals surface area contributed by atoms with E-state index in [1.807, 2.05) is 0 Å². The lowest BCUT2D eigenvalue weighted by Crippen LogP contribution is -2.71. The molecule has 9 saturated heterocycles. The van der Waals surface area contributed by atoms with Gasteiger partial charge < -0.3 is 240 Å². The van der Waals surface area contributed by atoms with E-state index in [1.165, 1.54) is 0 Å². The van der Waals surface area contributed by atoms with Gasteiger partial charge in [-0.1, -0.05) is 0 Å². The minimum atomic E-state index is -3.30. The molecule has 0 saturated carbocycles. The Morgan fingerprint density at radius 2 is 0.661 bits per heavy atom. The number of aliphatic hydroxyl groups excluding tert-OH is 25. The number of hydrogen-bond donors (Lipinski definition) is 31. The van der Waals surface area contributed by atoms with Crippen molar-refractivity contribution in [3.8, 4) is 0 Å². The van der Waals surface area contributed by atoms with Crippen molar-refractivity contribution in [2.75, 3.05) is 59.5 Å². The van der Waals surface area contributed by atoms with Gasteiger partial charge >= 0.3 is 5.97 Å². The Balaban J connectivity index is 1.03. The van der Waals surface area contributed by atoms with Crippen LogP contribution in [0.1, 0.15) is 41.0 Å². The molecule has 9 aliphatic rings. The molecule has 54 nitrogen and oxygen atoms in total. The fraction of sp³-hybridized carbons (Fsp3) is 0.910. The van der Waals surface area contributed by atoms with Crippen molar-refractivity contribution in [3.05, 3.63) is 0 Å². The van der Waals surface area contributed by atoms with E-state index in [2.05, 4.69) is 26.6 Å². The first kappa shape index (κ1) is 99.9. The largest absolute Gasteiger partial charge is 0.477 e. The lowest BCUT2D eigenvalue weighted by atomic mass is 9.88. The van der Waals surface area contributed by atoms with Crippen LogP contribution < -0.4 is 26.6 Å². The van der Waals surface area contributed by atoms with Crippen LogP contribution in [0, 0.1) is 0 Å². The third kappa shape index (κ3) is 22.3.